The van der Waals surface area contributed by atoms with Crippen LogP contribution in [0.4, 0.5) is 4.39 Å². The highest BCUT2D eigenvalue weighted by atomic mass is 32.2. The summed E-state index contributed by atoms with van der Waals surface area (Å²) in [6.07, 6.45) is 0.538. The first-order valence-corrected chi connectivity index (χ1v) is 7.85. The van der Waals surface area contributed by atoms with E-state index in [2.05, 4.69) is 4.74 Å². The molecule has 1 aromatic carbocycles. The molecule has 22 heavy (non-hydrogen) atoms. The SMILES string of the molecule is COC(=O)c1ccc(F)cc1S(=O)(=O)N1CCCC1C(=O)O. The highest BCUT2D eigenvalue weighted by molar-refractivity contribution is 7.89. The van der Waals surface area contributed by atoms with Gasteiger partial charge in [-0.2, -0.15) is 4.31 Å². The van der Waals surface area contributed by atoms with E-state index in [1.54, 1.807) is 0 Å². The number of nitrogens with zero attached hydrogens (tertiary/aromatic N) is 1. The zero-order valence-corrected chi connectivity index (χ0v) is 12.5. The largest absolute Gasteiger partial charge is 0.480 e. The molecular weight excluding hydrogens is 317 g/mol. The average molecular weight is 331 g/mol. The van der Waals surface area contributed by atoms with Crippen LogP contribution in [0, 0.1) is 5.82 Å². The first-order valence-electron chi connectivity index (χ1n) is 6.41. The van der Waals surface area contributed by atoms with Gasteiger partial charge in [-0.25, -0.2) is 17.6 Å². The molecule has 7 nitrogen and oxygen atoms in total. The zero-order valence-electron chi connectivity index (χ0n) is 11.7. The van der Waals surface area contributed by atoms with Crippen LogP contribution >= 0.6 is 0 Å². The first kappa shape index (κ1) is 16.4. The van der Waals surface area contributed by atoms with Gasteiger partial charge in [0, 0.05) is 6.54 Å². The number of carboxylic acid groups (broad SMARTS) is 1. The second kappa shape index (κ2) is 6.01. The van der Waals surface area contributed by atoms with Crippen LogP contribution in [0.5, 0.6) is 0 Å². The number of benzene rings is 1. The number of carboxylic acids is 1. The van der Waals surface area contributed by atoms with E-state index in [-0.39, 0.29) is 18.5 Å². The number of sulfonamides is 1. The Kier molecular flexibility index (Phi) is 4.47. The van der Waals surface area contributed by atoms with E-state index in [0.717, 1.165) is 23.5 Å². The Bertz CT molecular complexity index is 717. The minimum absolute atomic E-state index is 0.00355. The highest BCUT2D eigenvalue weighted by Crippen LogP contribution is 2.29. The Morgan fingerprint density at radius 2 is 2.09 bits per heavy atom. The zero-order chi connectivity index (χ0) is 16.5. The third-order valence-corrected chi connectivity index (χ3v) is 5.37. The van der Waals surface area contributed by atoms with Crippen LogP contribution in [-0.4, -0.2) is 49.5 Å². The Morgan fingerprint density at radius 3 is 2.68 bits per heavy atom. The van der Waals surface area contributed by atoms with E-state index in [1.807, 2.05) is 0 Å². The summed E-state index contributed by atoms with van der Waals surface area (Å²) < 4.78 is 44.0. The van der Waals surface area contributed by atoms with Gasteiger partial charge in [0.05, 0.1) is 17.6 Å². The van der Waals surface area contributed by atoms with Crippen molar-refractivity contribution in [1.29, 1.82) is 0 Å². The molecule has 0 saturated carbocycles. The molecule has 0 radical (unpaired) electrons. The van der Waals surface area contributed by atoms with Crippen molar-refractivity contribution in [3.63, 3.8) is 0 Å². The van der Waals surface area contributed by atoms with Crippen LogP contribution < -0.4 is 0 Å². The molecule has 1 unspecified atom stereocenters. The maximum absolute atomic E-state index is 13.4. The molecular formula is C13H14FNO6S. The summed E-state index contributed by atoms with van der Waals surface area (Å²) in [6, 6.07) is 1.40. The quantitative estimate of drug-likeness (QED) is 0.821. The van der Waals surface area contributed by atoms with Gasteiger partial charge in [0.1, 0.15) is 11.9 Å². The number of hydrogen-bond donors (Lipinski definition) is 1. The molecule has 1 N–H and O–H groups in total. The smallest absolute Gasteiger partial charge is 0.339 e. The van der Waals surface area contributed by atoms with Crippen LogP contribution in [0.2, 0.25) is 0 Å². The summed E-state index contributed by atoms with van der Waals surface area (Å²) in [5.41, 5.74) is -0.333. The number of esters is 1. The molecule has 0 aromatic heterocycles. The van der Waals surface area contributed by atoms with Crippen LogP contribution in [-0.2, 0) is 19.6 Å². The number of hydrogen-bond acceptors (Lipinski definition) is 5. The third-order valence-electron chi connectivity index (χ3n) is 3.42. The Balaban J connectivity index is 2.56. The first-order chi connectivity index (χ1) is 10.3. The molecule has 1 saturated heterocycles. The number of aliphatic carboxylic acids is 1. The second-order valence-electron chi connectivity index (χ2n) is 4.74. The van der Waals surface area contributed by atoms with Crippen molar-refractivity contribution in [2.45, 2.75) is 23.8 Å². The molecule has 2 rings (SSSR count). The fourth-order valence-corrected chi connectivity index (χ4v) is 4.23. The average Bonchev–Trinajstić information content (AvgIpc) is 2.96. The second-order valence-corrected chi connectivity index (χ2v) is 6.60. The van der Waals surface area contributed by atoms with Crippen molar-refractivity contribution in [2.24, 2.45) is 0 Å². The standard InChI is InChI=1S/C13H14FNO6S/c1-21-13(18)9-5-4-8(14)7-11(9)22(19,20)15-6-2-3-10(15)12(16)17/h4-5,7,10H,2-3,6H2,1H3,(H,16,17). The summed E-state index contributed by atoms with van der Waals surface area (Å²) in [5.74, 6) is -3.07. The normalized spacial score (nSPS) is 19.1. The lowest BCUT2D eigenvalue weighted by molar-refractivity contribution is -0.140. The van der Waals surface area contributed by atoms with Crippen LogP contribution in [0.15, 0.2) is 23.1 Å². The predicted octanol–water partition coefficient (Wildman–Crippen LogP) is 0.850. The molecule has 1 heterocycles. The van der Waals surface area contributed by atoms with E-state index >= 15 is 0 Å². The van der Waals surface area contributed by atoms with E-state index in [9.17, 15) is 22.4 Å². The molecule has 1 fully saturated rings. The molecule has 0 aliphatic carbocycles. The van der Waals surface area contributed by atoms with E-state index in [4.69, 9.17) is 5.11 Å². The van der Waals surface area contributed by atoms with Gasteiger partial charge in [0.15, 0.2) is 0 Å². The van der Waals surface area contributed by atoms with Crippen LogP contribution in [0.1, 0.15) is 23.2 Å². The highest BCUT2D eigenvalue weighted by Gasteiger charge is 2.41. The lowest BCUT2D eigenvalue weighted by Gasteiger charge is -2.22. The van der Waals surface area contributed by atoms with Crippen LogP contribution in [0.3, 0.4) is 0 Å². The number of carbonyl (C=O) groups excluding carboxylic acids is 1. The Labute approximate surface area is 126 Å². The molecule has 9 heteroatoms. The summed E-state index contributed by atoms with van der Waals surface area (Å²) in [4.78, 5) is 22.2. The van der Waals surface area contributed by atoms with Gasteiger partial charge in [0.25, 0.3) is 0 Å². The molecule has 1 atom stereocenters. The summed E-state index contributed by atoms with van der Waals surface area (Å²) >= 11 is 0. The van der Waals surface area contributed by atoms with Crippen molar-refractivity contribution < 1.29 is 32.2 Å². The molecule has 120 valence electrons. The van der Waals surface area contributed by atoms with Gasteiger partial charge < -0.3 is 9.84 Å². The molecule has 1 aliphatic rings. The number of halogens is 1. The molecule has 1 aromatic rings. The molecule has 0 bridgehead atoms. The number of methoxy groups -OCH3 is 1. The van der Waals surface area contributed by atoms with E-state index in [1.165, 1.54) is 0 Å². The van der Waals surface area contributed by atoms with Gasteiger partial charge in [-0.3, -0.25) is 4.79 Å². The van der Waals surface area contributed by atoms with Gasteiger partial charge in [-0.15, -0.1) is 0 Å². The third kappa shape index (κ3) is 2.81. The predicted molar refractivity (Wildman–Crippen MR) is 72.3 cm³/mol. The van der Waals surface area contributed by atoms with Crippen molar-refractivity contribution in [1.82, 2.24) is 4.31 Å². The summed E-state index contributed by atoms with van der Waals surface area (Å²) in [7, 11) is -3.26. The molecule has 0 amide bonds. The fraction of sp³-hybridized carbons (Fsp3) is 0.385. The monoisotopic (exact) mass is 331 g/mol. The van der Waals surface area contributed by atoms with Crippen molar-refractivity contribution in [3.05, 3.63) is 29.6 Å². The van der Waals surface area contributed by atoms with Crippen LogP contribution in [0.25, 0.3) is 0 Å². The van der Waals surface area contributed by atoms with E-state index in [0.29, 0.717) is 12.5 Å². The van der Waals surface area contributed by atoms with Gasteiger partial charge in [0.2, 0.25) is 10.0 Å². The van der Waals surface area contributed by atoms with Crippen molar-refractivity contribution in [3.8, 4) is 0 Å². The van der Waals surface area contributed by atoms with Gasteiger partial charge in [-0.05, 0) is 31.0 Å². The van der Waals surface area contributed by atoms with Gasteiger partial charge >= 0.3 is 11.9 Å². The lowest BCUT2D eigenvalue weighted by Crippen LogP contribution is -2.40. The fourth-order valence-electron chi connectivity index (χ4n) is 2.39. The van der Waals surface area contributed by atoms with Crippen molar-refractivity contribution >= 4 is 22.0 Å². The lowest BCUT2D eigenvalue weighted by atomic mass is 10.2. The maximum atomic E-state index is 13.4. The van der Waals surface area contributed by atoms with Gasteiger partial charge in [-0.1, -0.05) is 0 Å². The topological polar surface area (TPSA) is 101 Å². The number of rotatable bonds is 4. The summed E-state index contributed by atoms with van der Waals surface area (Å²) in [6.45, 7) is -0.00355. The number of carbonyl (C=O) groups is 2. The van der Waals surface area contributed by atoms with E-state index < -0.39 is 38.7 Å². The maximum Gasteiger partial charge on any atom is 0.339 e. The summed E-state index contributed by atoms with van der Waals surface area (Å²) in [5, 5.41) is 9.10. The Morgan fingerprint density at radius 1 is 1.41 bits per heavy atom. The number of ether oxygens (including phenoxy) is 1. The Hall–Kier alpha value is -2.00. The molecule has 0 spiro atoms. The molecule has 1 aliphatic heterocycles. The minimum atomic E-state index is -4.33. The minimum Gasteiger partial charge on any atom is -0.480 e. The van der Waals surface area contributed by atoms with Crippen molar-refractivity contribution in [2.75, 3.05) is 13.7 Å².